The highest BCUT2D eigenvalue weighted by molar-refractivity contribution is 6.35. The molecule has 1 aromatic rings. The summed E-state index contributed by atoms with van der Waals surface area (Å²) in [5.41, 5.74) is 1.91. The fourth-order valence-corrected chi connectivity index (χ4v) is 1.61. The summed E-state index contributed by atoms with van der Waals surface area (Å²) in [5.74, 6) is -0.110. The van der Waals surface area contributed by atoms with Gasteiger partial charge in [-0.15, -0.1) is 0 Å². The molecule has 3 nitrogen and oxygen atoms in total. The number of carbonyl (C=O) groups is 1. The summed E-state index contributed by atoms with van der Waals surface area (Å²) in [6, 6.07) is 0. The Bertz CT molecular complexity index is 405. The van der Waals surface area contributed by atoms with Crippen LogP contribution in [0.3, 0.4) is 0 Å². The van der Waals surface area contributed by atoms with E-state index in [4.69, 9.17) is 23.2 Å². The van der Waals surface area contributed by atoms with Crippen LogP contribution in [0.25, 0.3) is 0 Å². The van der Waals surface area contributed by atoms with Gasteiger partial charge in [0.05, 0.1) is 16.4 Å². The summed E-state index contributed by atoms with van der Waals surface area (Å²) in [5, 5.41) is 3.49. The normalized spacial score (nSPS) is 10.2. The van der Waals surface area contributed by atoms with Crippen molar-refractivity contribution in [2.75, 3.05) is 5.32 Å². The van der Waals surface area contributed by atoms with Gasteiger partial charge in [-0.3, -0.25) is 4.79 Å². The largest absolute Gasteiger partial charge is 0.323 e. The van der Waals surface area contributed by atoms with Gasteiger partial charge in [0.2, 0.25) is 5.91 Å². The second-order valence-electron chi connectivity index (χ2n) is 3.20. The molecule has 0 spiro atoms. The van der Waals surface area contributed by atoms with Gasteiger partial charge in [0, 0.05) is 6.42 Å². The van der Waals surface area contributed by atoms with Crippen LogP contribution >= 0.6 is 23.2 Å². The second kappa shape index (κ2) is 4.81. The fraction of sp³-hybridized carbons (Fsp3) is 0.400. The zero-order valence-electron chi connectivity index (χ0n) is 8.82. The third-order valence-corrected chi connectivity index (χ3v) is 2.91. The minimum absolute atomic E-state index is 0.110. The Kier molecular flexibility index (Phi) is 3.94. The van der Waals surface area contributed by atoms with Crippen molar-refractivity contribution in [1.29, 1.82) is 0 Å². The lowest BCUT2D eigenvalue weighted by atomic mass is 10.2. The first kappa shape index (κ1) is 12.3. The molecule has 1 N–H and O–H groups in total. The highest BCUT2D eigenvalue weighted by atomic mass is 35.5. The maximum atomic E-state index is 11.2. The predicted molar refractivity (Wildman–Crippen MR) is 62.7 cm³/mol. The number of hydrogen-bond donors (Lipinski definition) is 1. The number of pyridine rings is 1. The fourth-order valence-electron chi connectivity index (χ4n) is 1.16. The lowest BCUT2D eigenvalue weighted by molar-refractivity contribution is -0.115. The molecule has 0 aliphatic rings. The summed E-state index contributed by atoms with van der Waals surface area (Å²) < 4.78 is 0. The third-order valence-electron chi connectivity index (χ3n) is 2.08. The van der Waals surface area contributed by atoms with Crippen LogP contribution in [0, 0.1) is 13.8 Å². The minimum Gasteiger partial charge on any atom is -0.323 e. The van der Waals surface area contributed by atoms with Crippen LogP contribution < -0.4 is 5.32 Å². The Morgan fingerprint density at radius 2 is 2.00 bits per heavy atom. The van der Waals surface area contributed by atoms with Gasteiger partial charge in [-0.25, -0.2) is 4.98 Å². The standard InChI is InChI=1S/C10H12Cl2N2O/c1-4-7(15)14-9-5(2)8(11)6(3)13-10(9)12/h4H2,1-3H3,(H,14,15). The van der Waals surface area contributed by atoms with Crippen LogP contribution in [-0.4, -0.2) is 10.9 Å². The molecule has 0 saturated carbocycles. The van der Waals surface area contributed by atoms with Gasteiger partial charge in [0.15, 0.2) is 5.15 Å². The monoisotopic (exact) mass is 246 g/mol. The van der Waals surface area contributed by atoms with Crippen LogP contribution in [0.2, 0.25) is 10.2 Å². The lowest BCUT2D eigenvalue weighted by Crippen LogP contribution is -2.12. The number of rotatable bonds is 2. The van der Waals surface area contributed by atoms with Crippen LogP contribution in [0.4, 0.5) is 5.69 Å². The molecule has 0 fully saturated rings. The van der Waals surface area contributed by atoms with E-state index < -0.39 is 0 Å². The summed E-state index contributed by atoms with van der Waals surface area (Å²) in [6.07, 6.45) is 0.390. The average Bonchev–Trinajstić information content (AvgIpc) is 2.21. The lowest BCUT2D eigenvalue weighted by Gasteiger charge is -2.11. The Hall–Kier alpha value is -0.800. The third kappa shape index (κ3) is 2.61. The molecule has 1 rings (SSSR count). The Balaban J connectivity index is 3.18. The van der Waals surface area contributed by atoms with Crippen LogP contribution in [0.5, 0.6) is 0 Å². The van der Waals surface area contributed by atoms with Crippen molar-refractivity contribution < 1.29 is 4.79 Å². The highest BCUT2D eigenvalue weighted by Gasteiger charge is 2.13. The summed E-state index contributed by atoms with van der Waals surface area (Å²) in [7, 11) is 0. The van der Waals surface area contributed by atoms with Crippen molar-refractivity contribution in [3.63, 3.8) is 0 Å². The van der Waals surface area contributed by atoms with Gasteiger partial charge in [0.1, 0.15) is 0 Å². The molecular weight excluding hydrogens is 235 g/mol. The van der Waals surface area contributed by atoms with Crippen LogP contribution in [0.15, 0.2) is 0 Å². The molecule has 5 heteroatoms. The first-order valence-electron chi connectivity index (χ1n) is 4.59. The highest BCUT2D eigenvalue weighted by Crippen LogP contribution is 2.31. The molecule has 0 atom stereocenters. The number of aromatic nitrogens is 1. The molecule has 0 saturated heterocycles. The van der Waals surface area contributed by atoms with E-state index in [9.17, 15) is 4.79 Å². The molecule has 82 valence electrons. The molecule has 0 aliphatic heterocycles. The van der Waals surface area contributed by atoms with Crippen molar-refractivity contribution in [3.8, 4) is 0 Å². The van der Waals surface area contributed by atoms with E-state index in [1.165, 1.54) is 0 Å². The van der Waals surface area contributed by atoms with Crippen molar-refractivity contribution >= 4 is 34.8 Å². The van der Waals surface area contributed by atoms with Crippen LogP contribution in [-0.2, 0) is 4.79 Å². The maximum Gasteiger partial charge on any atom is 0.224 e. The first-order valence-corrected chi connectivity index (χ1v) is 5.35. The molecule has 15 heavy (non-hydrogen) atoms. The molecule has 0 aliphatic carbocycles. The molecule has 0 bridgehead atoms. The van der Waals surface area contributed by atoms with E-state index >= 15 is 0 Å². The molecule has 0 unspecified atom stereocenters. The number of nitrogens with zero attached hydrogens (tertiary/aromatic N) is 1. The predicted octanol–water partition coefficient (Wildman–Crippen LogP) is 3.35. The SMILES string of the molecule is CCC(=O)Nc1c(Cl)nc(C)c(Cl)c1C. The van der Waals surface area contributed by atoms with E-state index in [1.54, 1.807) is 20.8 Å². The number of nitrogens with one attached hydrogen (secondary N) is 1. The van der Waals surface area contributed by atoms with Crippen molar-refractivity contribution in [1.82, 2.24) is 4.98 Å². The number of hydrogen-bond acceptors (Lipinski definition) is 2. The van der Waals surface area contributed by atoms with Crippen LogP contribution in [0.1, 0.15) is 24.6 Å². The molecule has 0 radical (unpaired) electrons. The van der Waals surface area contributed by atoms with Crippen molar-refractivity contribution in [3.05, 3.63) is 21.4 Å². The molecule has 1 heterocycles. The minimum atomic E-state index is -0.110. The van der Waals surface area contributed by atoms with E-state index in [0.717, 1.165) is 5.56 Å². The Morgan fingerprint density at radius 1 is 1.40 bits per heavy atom. The second-order valence-corrected chi connectivity index (χ2v) is 3.94. The van der Waals surface area contributed by atoms with Crippen molar-refractivity contribution in [2.45, 2.75) is 27.2 Å². The topological polar surface area (TPSA) is 42.0 Å². The first-order chi connectivity index (χ1) is 6.97. The molecule has 0 aromatic carbocycles. The number of aryl methyl sites for hydroxylation is 1. The number of amides is 1. The smallest absolute Gasteiger partial charge is 0.224 e. The average molecular weight is 247 g/mol. The van der Waals surface area contributed by atoms with E-state index in [0.29, 0.717) is 22.8 Å². The maximum absolute atomic E-state index is 11.2. The van der Waals surface area contributed by atoms with Gasteiger partial charge in [0.25, 0.3) is 0 Å². The van der Waals surface area contributed by atoms with E-state index in [-0.39, 0.29) is 11.1 Å². The Morgan fingerprint density at radius 3 is 2.53 bits per heavy atom. The number of halogens is 2. The van der Waals surface area contributed by atoms with Gasteiger partial charge < -0.3 is 5.32 Å². The molecule has 1 aromatic heterocycles. The van der Waals surface area contributed by atoms with E-state index in [1.807, 2.05) is 0 Å². The summed E-state index contributed by atoms with van der Waals surface area (Å²) >= 11 is 11.9. The van der Waals surface area contributed by atoms with Gasteiger partial charge >= 0.3 is 0 Å². The Labute approximate surface area is 98.8 Å². The quantitative estimate of drug-likeness (QED) is 0.814. The summed E-state index contributed by atoms with van der Waals surface area (Å²) in [6.45, 7) is 5.34. The number of carbonyl (C=O) groups excluding carboxylic acids is 1. The van der Waals surface area contributed by atoms with Gasteiger partial charge in [-0.1, -0.05) is 30.1 Å². The van der Waals surface area contributed by atoms with Gasteiger partial charge in [-0.05, 0) is 19.4 Å². The van der Waals surface area contributed by atoms with Crippen molar-refractivity contribution in [2.24, 2.45) is 0 Å². The zero-order valence-corrected chi connectivity index (χ0v) is 10.3. The molecular formula is C10H12Cl2N2O. The zero-order chi connectivity index (χ0) is 11.6. The number of anilines is 1. The molecule has 1 amide bonds. The van der Waals surface area contributed by atoms with E-state index in [2.05, 4.69) is 10.3 Å². The summed E-state index contributed by atoms with van der Waals surface area (Å²) in [4.78, 5) is 15.3. The van der Waals surface area contributed by atoms with Gasteiger partial charge in [-0.2, -0.15) is 0 Å².